The first kappa shape index (κ1) is 23.7. The maximum Gasteiger partial charge on any atom is 0.251 e. The number of hydrogen-bond donors (Lipinski definition) is 2. The third kappa shape index (κ3) is 5.18. The molecule has 1 atom stereocenters. The van der Waals surface area contributed by atoms with Crippen LogP contribution in [0.3, 0.4) is 0 Å². The minimum Gasteiger partial charge on any atom is -0.494 e. The third-order valence-electron chi connectivity index (χ3n) is 5.84. The van der Waals surface area contributed by atoms with Crippen LogP contribution in [0, 0.1) is 5.82 Å². The number of methoxy groups -OCH3 is 2. The molecule has 0 radical (unpaired) electrons. The summed E-state index contributed by atoms with van der Waals surface area (Å²) in [6, 6.07) is 14.5. The van der Waals surface area contributed by atoms with Crippen LogP contribution in [0.4, 0.5) is 15.9 Å². The number of rotatable bonds is 9. The molecule has 4 rings (SSSR count). The lowest BCUT2D eigenvalue weighted by molar-refractivity contribution is 0.0609. The Balaban J connectivity index is 1.52. The molecule has 7 nitrogen and oxygen atoms in total. The Morgan fingerprint density at radius 2 is 2.03 bits per heavy atom. The van der Waals surface area contributed by atoms with Crippen molar-refractivity contribution in [3.63, 3.8) is 0 Å². The van der Waals surface area contributed by atoms with Gasteiger partial charge in [-0.25, -0.2) is 9.37 Å². The zero-order valence-corrected chi connectivity index (χ0v) is 19.3. The highest BCUT2D eigenvalue weighted by Crippen LogP contribution is 2.36. The summed E-state index contributed by atoms with van der Waals surface area (Å²) in [5.74, 6) is 0.389. The molecule has 1 amide bonds. The van der Waals surface area contributed by atoms with Crippen molar-refractivity contribution in [2.45, 2.75) is 18.9 Å². The molecule has 0 saturated heterocycles. The van der Waals surface area contributed by atoms with Gasteiger partial charge < -0.3 is 24.8 Å². The van der Waals surface area contributed by atoms with Gasteiger partial charge in [-0.05, 0) is 65.9 Å². The Morgan fingerprint density at radius 3 is 2.79 bits per heavy atom. The molecule has 2 heterocycles. The van der Waals surface area contributed by atoms with Crippen LogP contribution in [0.2, 0.25) is 0 Å². The van der Waals surface area contributed by atoms with Gasteiger partial charge in [0.05, 0.1) is 19.8 Å². The number of aliphatic hydroxyl groups is 1. The number of carbonyl (C=O) groups is 1. The van der Waals surface area contributed by atoms with Gasteiger partial charge in [0.15, 0.2) is 11.6 Å². The van der Waals surface area contributed by atoms with Crippen molar-refractivity contribution in [2.75, 3.05) is 38.8 Å². The molecule has 34 heavy (non-hydrogen) atoms. The summed E-state index contributed by atoms with van der Waals surface area (Å²) in [5.41, 5.74) is 4.32. The quantitative estimate of drug-likeness (QED) is 0.505. The van der Waals surface area contributed by atoms with Crippen LogP contribution in [0.15, 0.2) is 54.7 Å². The number of fused-ring (bicyclic) bond motifs is 1. The van der Waals surface area contributed by atoms with Gasteiger partial charge in [-0.1, -0.05) is 12.1 Å². The van der Waals surface area contributed by atoms with Crippen molar-refractivity contribution < 1.29 is 23.8 Å². The minimum atomic E-state index is -0.756. The van der Waals surface area contributed by atoms with Crippen LogP contribution in [0.5, 0.6) is 5.75 Å². The van der Waals surface area contributed by atoms with Gasteiger partial charge in [-0.3, -0.25) is 4.79 Å². The number of benzene rings is 2. The van der Waals surface area contributed by atoms with E-state index < -0.39 is 6.10 Å². The highest BCUT2D eigenvalue weighted by atomic mass is 19.1. The molecule has 0 bridgehead atoms. The molecular weight excluding hydrogens is 437 g/mol. The lowest BCUT2D eigenvalue weighted by Gasteiger charge is -2.19. The van der Waals surface area contributed by atoms with E-state index in [0.29, 0.717) is 24.9 Å². The molecule has 1 aromatic heterocycles. The number of carbonyl (C=O) groups excluding carboxylic acids is 1. The molecule has 0 saturated carbocycles. The fraction of sp³-hybridized carbons (Fsp3) is 0.308. The lowest BCUT2D eigenvalue weighted by Crippen LogP contribution is -2.34. The molecule has 2 aromatic carbocycles. The molecule has 8 heteroatoms. The second kappa shape index (κ2) is 10.6. The van der Waals surface area contributed by atoms with Crippen molar-refractivity contribution >= 4 is 17.4 Å². The van der Waals surface area contributed by atoms with Crippen LogP contribution >= 0.6 is 0 Å². The summed E-state index contributed by atoms with van der Waals surface area (Å²) >= 11 is 0. The molecule has 2 N–H and O–H groups in total. The normalized spacial score (nSPS) is 13.5. The number of ether oxygens (including phenoxy) is 2. The number of anilines is 2. The number of aliphatic hydroxyl groups excluding tert-OH is 1. The fourth-order valence-electron chi connectivity index (χ4n) is 4.22. The standard InChI is InChI=1S/C26H28FN3O4/c1-33-16-19(31)15-29-26(32)21-4-3-5-23-20(21)9-11-30(23)25-14-18(8-10-28-25)12-17-6-7-24(34-2)22(27)13-17/h3-8,10,13-14,19,31H,9,11-12,15-16H2,1-2H3,(H,29,32). The second-order valence-corrected chi connectivity index (χ2v) is 8.19. The van der Waals surface area contributed by atoms with Crippen molar-refractivity contribution in [1.29, 1.82) is 0 Å². The summed E-state index contributed by atoms with van der Waals surface area (Å²) in [6.45, 7) is 0.973. The number of halogens is 1. The van der Waals surface area contributed by atoms with E-state index in [4.69, 9.17) is 9.47 Å². The summed E-state index contributed by atoms with van der Waals surface area (Å²) in [7, 11) is 2.95. The van der Waals surface area contributed by atoms with E-state index in [1.165, 1.54) is 20.3 Å². The summed E-state index contributed by atoms with van der Waals surface area (Å²) in [5, 5.41) is 12.6. The van der Waals surface area contributed by atoms with Gasteiger partial charge in [0.2, 0.25) is 0 Å². The lowest BCUT2D eigenvalue weighted by atomic mass is 10.0. The average Bonchev–Trinajstić information content (AvgIpc) is 3.27. The SMILES string of the molecule is COCC(O)CNC(=O)c1cccc2c1CCN2c1cc(Cc2ccc(OC)c(F)c2)ccn1. The zero-order valence-electron chi connectivity index (χ0n) is 19.3. The van der Waals surface area contributed by atoms with Crippen LogP contribution in [0.1, 0.15) is 27.0 Å². The van der Waals surface area contributed by atoms with Crippen LogP contribution < -0.4 is 15.0 Å². The molecular formula is C26H28FN3O4. The highest BCUT2D eigenvalue weighted by Gasteiger charge is 2.26. The Morgan fingerprint density at radius 1 is 1.21 bits per heavy atom. The smallest absolute Gasteiger partial charge is 0.251 e. The second-order valence-electron chi connectivity index (χ2n) is 8.19. The minimum absolute atomic E-state index is 0.121. The van der Waals surface area contributed by atoms with E-state index >= 15 is 0 Å². The summed E-state index contributed by atoms with van der Waals surface area (Å²) in [6.07, 6.45) is 2.25. The Kier molecular flexibility index (Phi) is 7.40. The molecule has 1 aliphatic rings. The maximum absolute atomic E-state index is 14.1. The van der Waals surface area contributed by atoms with Crippen LogP contribution in [-0.2, 0) is 17.6 Å². The van der Waals surface area contributed by atoms with Crippen LogP contribution in [-0.4, -0.2) is 56.0 Å². The first-order valence-corrected chi connectivity index (χ1v) is 11.1. The van der Waals surface area contributed by atoms with Gasteiger partial charge >= 0.3 is 0 Å². The number of pyridine rings is 1. The molecule has 3 aromatic rings. The van der Waals surface area contributed by atoms with Crippen molar-refractivity contribution in [2.24, 2.45) is 0 Å². The van der Waals surface area contributed by atoms with Gasteiger partial charge in [0.25, 0.3) is 5.91 Å². The first-order valence-electron chi connectivity index (χ1n) is 11.1. The third-order valence-corrected chi connectivity index (χ3v) is 5.84. The topological polar surface area (TPSA) is 83.9 Å². The number of aromatic nitrogens is 1. The number of nitrogens with one attached hydrogen (secondary N) is 1. The Hall–Kier alpha value is -3.49. The Bertz CT molecular complexity index is 1170. The predicted molar refractivity (Wildman–Crippen MR) is 127 cm³/mol. The highest BCUT2D eigenvalue weighted by molar-refractivity contribution is 5.98. The van der Waals surface area contributed by atoms with Gasteiger partial charge in [-0.15, -0.1) is 0 Å². The summed E-state index contributed by atoms with van der Waals surface area (Å²) < 4.78 is 24.0. The molecule has 1 unspecified atom stereocenters. The first-order chi connectivity index (χ1) is 16.5. The maximum atomic E-state index is 14.1. The largest absolute Gasteiger partial charge is 0.494 e. The number of hydrogen-bond acceptors (Lipinski definition) is 6. The molecule has 0 aliphatic carbocycles. The molecule has 178 valence electrons. The zero-order chi connectivity index (χ0) is 24.1. The van der Waals surface area contributed by atoms with E-state index in [1.54, 1.807) is 18.3 Å². The predicted octanol–water partition coefficient (Wildman–Crippen LogP) is 3.25. The van der Waals surface area contributed by atoms with Crippen molar-refractivity contribution in [3.8, 4) is 5.75 Å². The van der Waals surface area contributed by atoms with E-state index in [1.807, 2.05) is 30.3 Å². The van der Waals surface area contributed by atoms with E-state index in [-0.39, 0.29) is 30.6 Å². The van der Waals surface area contributed by atoms with Crippen molar-refractivity contribution in [3.05, 3.63) is 82.8 Å². The number of amides is 1. The number of nitrogens with zero attached hydrogens (tertiary/aromatic N) is 2. The van der Waals surface area contributed by atoms with E-state index in [2.05, 4.69) is 15.2 Å². The fourth-order valence-corrected chi connectivity index (χ4v) is 4.22. The average molecular weight is 466 g/mol. The van der Waals surface area contributed by atoms with Gasteiger partial charge in [0.1, 0.15) is 5.82 Å². The van der Waals surface area contributed by atoms with Gasteiger partial charge in [-0.2, -0.15) is 0 Å². The Labute approximate surface area is 198 Å². The molecule has 0 fully saturated rings. The van der Waals surface area contributed by atoms with Crippen LogP contribution in [0.25, 0.3) is 0 Å². The molecule has 1 aliphatic heterocycles. The van der Waals surface area contributed by atoms with Crippen molar-refractivity contribution in [1.82, 2.24) is 10.3 Å². The summed E-state index contributed by atoms with van der Waals surface area (Å²) in [4.78, 5) is 19.4. The van der Waals surface area contributed by atoms with E-state index in [0.717, 1.165) is 28.2 Å². The van der Waals surface area contributed by atoms with Gasteiger partial charge in [0, 0.05) is 37.6 Å². The monoisotopic (exact) mass is 465 g/mol. The van der Waals surface area contributed by atoms with E-state index in [9.17, 15) is 14.3 Å². The molecule has 0 spiro atoms.